The first-order chi connectivity index (χ1) is 24.0. The van der Waals surface area contributed by atoms with E-state index < -0.39 is 74.3 Å². The Bertz CT molecular complexity index is 1850. The van der Waals surface area contributed by atoms with Gasteiger partial charge in [0.15, 0.2) is 0 Å². The summed E-state index contributed by atoms with van der Waals surface area (Å²) in [4.78, 5) is 60.7. The van der Waals surface area contributed by atoms with E-state index in [1.165, 1.54) is 4.90 Å². The number of ether oxygens (including phenoxy) is 2. The molecular weight excluding hydrogens is 716 g/mol. The Morgan fingerprint density at radius 2 is 1.75 bits per heavy atom. The average molecular weight is 765 g/mol. The van der Waals surface area contributed by atoms with E-state index in [1.54, 1.807) is 52.0 Å². The minimum absolute atomic E-state index is 0.00837. The zero-order valence-electron chi connectivity index (χ0n) is 30.8. The first kappa shape index (κ1) is 39.3. The van der Waals surface area contributed by atoms with Crippen molar-refractivity contribution in [1.29, 1.82) is 0 Å². The van der Waals surface area contributed by atoms with Gasteiger partial charge in [-0.25, -0.2) is 18.7 Å². The lowest BCUT2D eigenvalue weighted by Crippen LogP contribution is -2.61. The third kappa shape index (κ3) is 9.36. The lowest BCUT2D eigenvalue weighted by atomic mass is 9.85. The van der Waals surface area contributed by atoms with Gasteiger partial charge < -0.3 is 30.3 Å². The zero-order valence-corrected chi connectivity index (χ0v) is 32.4. The molecule has 1 aliphatic heterocycles. The summed E-state index contributed by atoms with van der Waals surface area (Å²) in [5.41, 5.74) is -3.30. The maximum atomic E-state index is 14.5. The second-order valence-electron chi connectivity index (χ2n) is 16.1. The van der Waals surface area contributed by atoms with Crippen LogP contribution in [0.3, 0.4) is 0 Å². The number of nitrogens with zero attached hydrogens (tertiary/aromatic N) is 2. The monoisotopic (exact) mass is 764 g/mol. The third-order valence-electron chi connectivity index (χ3n) is 9.07. The van der Waals surface area contributed by atoms with Gasteiger partial charge in [-0.2, -0.15) is 8.42 Å². The Kier molecular flexibility index (Phi) is 10.7. The van der Waals surface area contributed by atoms with E-state index in [2.05, 4.69) is 20.9 Å². The lowest BCUT2D eigenvalue weighted by Gasteiger charge is -2.36. The van der Waals surface area contributed by atoms with Crippen molar-refractivity contribution >= 4 is 56.6 Å². The number of urea groups is 1. The molecule has 2 aliphatic carbocycles. The van der Waals surface area contributed by atoms with Crippen LogP contribution in [0.2, 0.25) is 5.02 Å². The number of halogens is 1. The Hall–Kier alpha value is -3.89. The number of fused-ring (bicyclic) bond motifs is 1. The fraction of sp³-hybridized carbons (Fsp3) is 0.629. The SMILES string of the molecule is CCOc1cc(O[C@@H]2C[C@@H](C(=O)NC3(C(=O)NS(=O)(=O)OC4(C)CC4)CC3)N(C(=O)[C@@H](NC(=O)NC(C)(C)C)C(C)(C)C)C2)c2cccc(Cl)c2n1. The van der Waals surface area contributed by atoms with Crippen LogP contribution in [-0.4, -0.2) is 90.1 Å². The number of hydrogen-bond donors (Lipinski definition) is 4. The molecule has 1 aromatic heterocycles. The summed E-state index contributed by atoms with van der Waals surface area (Å²) in [5.74, 6) is -1.49. The van der Waals surface area contributed by atoms with Gasteiger partial charge in [-0.3, -0.25) is 14.4 Å². The molecule has 2 saturated carbocycles. The van der Waals surface area contributed by atoms with Crippen molar-refractivity contribution in [1.82, 2.24) is 30.6 Å². The number of nitrogens with one attached hydrogen (secondary N) is 4. The van der Waals surface area contributed by atoms with Gasteiger partial charge in [0.1, 0.15) is 29.5 Å². The van der Waals surface area contributed by atoms with Gasteiger partial charge in [-0.05, 0) is 77.8 Å². The molecule has 52 heavy (non-hydrogen) atoms. The van der Waals surface area contributed by atoms with Crippen molar-refractivity contribution in [3.63, 3.8) is 0 Å². The number of aromatic nitrogens is 1. The topological polar surface area (TPSA) is 194 Å². The van der Waals surface area contributed by atoms with Gasteiger partial charge in [-0.1, -0.05) is 38.4 Å². The van der Waals surface area contributed by atoms with Crippen molar-refractivity contribution < 1.29 is 41.3 Å². The standard InChI is InChI=1S/C35H49ClN6O9S/c1-9-49-25-18-24(21-11-10-12-22(36)26(21)37-25)50-20-17-23(42(19-20)29(44)27(32(2,3)4)38-31(46)40-33(5,6)7)28(43)39-35(15-16-35)30(45)41-52(47,48)51-34(8)13-14-34/h10-12,18,20,23,27H,9,13-17,19H2,1-8H3,(H,39,43)(H,41,45)(H2,38,40,46)/t20-,23+,27-/m1/s1. The number of carbonyl (C=O) groups is 4. The molecule has 17 heteroatoms. The summed E-state index contributed by atoms with van der Waals surface area (Å²) in [6.45, 7) is 14.5. The smallest absolute Gasteiger partial charge is 0.362 e. The second-order valence-corrected chi connectivity index (χ2v) is 17.8. The van der Waals surface area contributed by atoms with Crippen molar-refractivity contribution in [3.05, 3.63) is 29.3 Å². The number of rotatable bonds is 12. The predicted octanol–water partition coefficient (Wildman–Crippen LogP) is 3.73. The van der Waals surface area contributed by atoms with Crippen LogP contribution in [0.1, 0.15) is 87.5 Å². The molecule has 2 heterocycles. The first-order valence-electron chi connectivity index (χ1n) is 17.4. The van der Waals surface area contributed by atoms with Crippen molar-refractivity contribution in [2.75, 3.05) is 13.2 Å². The van der Waals surface area contributed by atoms with Crippen molar-refractivity contribution in [2.24, 2.45) is 5.41 Å². The molecular formula is C35H49ClN6O9S. The zero-order chi connectivity index (χ0) is 38.4. The summed E-state index contributed by atoms with van der Waals surface area (Å²) in [6, 6.07) is 4.06. The number of benzene rings is 1. The first-order valence-corrected chi connectivity index (χ1v) is 19.2. The van der Waals surface area contributed by atoms with E-state index in [-0.39, 0.29) is 31.7 Å². The number of carbonyl (C=O) groups excluding carboxylic acids is 4. The van der Waals surface area contributed by atoms with Gasteiger partial charge in [0.2, 0.25) is 17.7 Å². The largest absolute Gasteiger partial charge is 0.488 e. The normalized spacial score (nSPS) is 21.1. The highest BCUT2D eigenvalue weighted by Crippen LogP contribution is 2.41. The number of pyridine rings is 1. The predicted molar refractivity (Wildman–Crippen MR) is 193 cm³/mol. The molecule has 286 valence electrons. The molecule has 0 radical (unpaired) electrons. The minimum Gasteiger partial charge on any atom is -0.488 e. The molecule has 4 N–H and O–H groups in total. The molecule has 0 spiro atoms. The van der Waals surface area contributed by atoms with Crippen LogP contribution < -0.4 is 30.1 Å². The summed E-state index contributed by atoms with van der Waals surface area (Å²) in [5, 5.41) is 9.30. The van der Waals surface area contributed by atoms with Gasteiger partial charge in [-0.15, -0.1) is 0 Å². The quantitative estimate of drug-likeness (QED) is 0.248. The van der Waals surface area contributed by atoms with Crippen LogP contribution in [0.25, 0.3) is 10.9 Å². The van der Waals surface area contributed by atoms with Crippen molar-refractivity contribution in [3.8, 4) is 11.6 Å². The summed E-state index contributed by atoms with van der Waals surface area (Å²) in [7, 11) is -4.43. The molecule has 5 amide bonds. The molecule has 0 unspecified atom stereocenters. The third-order valence-corrected chi connectivity index (χ3v) is 10.4. The fourth-order valence-electron chi connectivity index (χ4n) is 5.97. The number of likely N-dealkylation sites (tertiary alicyclic amines) is 1. The molecule has 1 saturated heterocycles. The molecule has 3 atom stereocenters. The van der Waals surface area contributed by atoms with Gasteiger partial charge in [0, 0.05) is 23.4 Å². The number of amides is 5. The number of hydrogen-bond acceptors (Lipinski definition) is 10. The Balaban J connectivity index is 1.43. The molecule has 5 rings (SSSR count). The lowest BCUT2D eigenvalue weighted by molar-refractivity contribution is -0.142. The van der Waals surface area contributed by atoms with Crippen LogP contribution >= 0.6 is 11.6 Å². The second kappa shape index (κ2) is 14.2. The highest BCUT2D eigenvalue weighted by Gasteiger charge is 2.55. The van der Waals surface area contributed by atoms with E-state index in [1.807, 2.05) is 32.4 Å². The highest BCUT2D eigenvalue weighted by molar-refractivity contribution is 7.85. The van der Waals surface area contributed by atoms with Gasteiger partial charge in [0.05, 0.1) is 29.3 Å². The van der Waals surface area contributed by atoms with E-state index in [0.717, 1.165) is 0 Å². The molecule has 0 bridgehead atoms. The van der Waals surface area contributed by atoms with Crippen LogP contribution in [0.15, 0.2) is 24.3 Å². The Morgan fingerprint density at radius 1 is 1.08 bits per heavy atom. The van der Waals surface area contributed by atoms with E-state index >= 15 is 0 Å². The molecule has 3 aliphatic rings. The maximum Gasteiger partial charge on any atom is 0.362 e. The van der Waals surface area contributed by atoms with Gasteiger partial charge in [0.25, 0.3) is 5.91 Å². The summed E-state index contributed by atoms with van der Waals surface area (Å²) < 4.78 is 44.4. The van der Waals surface area contributed by atoms with Crippen LogP contribution in [0, 0.1) is 5.41 Å². The van der Waals surface area contributed by atoms with Gasteiger partial charge >= 0.3 is 16.3 Å². The summed E-state index contributed by atoms with van der Waals surface area (Å²) >= 11 is 6.48. The summed E-state index contributed by atoms with van der Waals surface area (Å²) in [6.07, 6.45) is 0.711. The van der Waals surface area contributed by atoms with E-state index in [4.69, 9.17) is 25.3 Å². The average Bonchev–Trinajstić information content (AvgIpc) is 3.90. The van der Waals surface area contributed by atoms with Crippen LogP contribution in [-0.2, 0) is 28.9 Å². The molecule has 2 aromatic rings. The Labute approximate surface area is 309 Å². The molecule has 15 nitrogen and oxygen atoms in total. The molecule has 3 fully saturated rings. The molecule has 1 aromatic carbocycles. The Morgan fingerprint density at radius 3 is 2.33 bits per heavy atom. The fourth-order valence-corrected chi connectivity index (χ4v) is 7.34. The minimum atomic E-state index is -4.43. The van der Waals surface area contributed by atoms with Crippen molar-refractivity contribution in [2.45, 2.75) is 122 Å². The maximum absolute atomic E-state index is 14.5. The number of para-hydroxylation sites is 1. The van der Waals surface area contributed by atoms with Crippen LogP contribution in [0.5, 0.6) is 11.6 Å². The van der Waals surface area contributed by atoms with E-state index in [9.17, 15) is 27.6 Å². The van der Waals surface area contributed by atoms with Crippen LogP contribution in [0.4, 0.5) is 4.79 Å². The van der Waals surface area contributed by atoms with E-state index in [0.29, 0.717) is 41.1 Å². The highest BCUT2D eigenvalue weighted by atomic mass is 35.5.